The molecule has 0 saturated heterocycles. The summed E-state index contributed by atoms with van der Waals surface area (Å²) in [5, 5.41) is 8.44. The maximum atomic E-state index is 13.5. The second-order valence-corrected chi connectivity index (χ2v) is 9.65. The van der Waals surface area contributed by atoms with Gasteiger partial charge >= 0.3 is 0 Å². The summed E-state index contributed by atoms with van der Waals surface area (Å²) in [4.78, 5) is 25.0. The molecule has 0 N–H and O–H groups in total. The van der Waals surface area contributed by atoms with Gasteiger partial charge in [0.15, 0.2) is 24.4 Å². The highest BCUT2D eigenvalue weighted by molar-refractivity contribution is 9.10. The van der Waals surface area contributed by atoms with Crippen LogP contribution in [0, 0.1) is 0 Å². The topological polar surface area (TPSA) is 77.4 Å². The highest BCUT2D eigenvalue weighted by Gasteiger charge is 2.34. The number of amides is 1. The molecule has 5 rings (SSSR count). The summed E-state index contributed by atoms with van der Waals surface area (Å²) in [6, 6.07) is 24.4. The zero-order valence-electron chi connectivity index (χ0n) is 20.9. The number of aldehydes is 1. The van der Waals surface area contributed by atoms with Gasteiger partial charge in [-0.1, -0.05) is 64.5 Å². The minimum atomic E-state index is -0.379. The van der Waals surface area contributed by atoms with Crippen molar-refractivity contribution in [3.63, 3.8) is 0 Å². The Morgan fingerprint density at radius 2 is 1.74 bits per heavy atom. The van der Waals surface area contributed by atoms with Crippen molar-refractivity contribution in [3.8, 4) is 17.2 Å². The molecule has 4 aromatic carbocycles. The average molecular weight is 573 g/mol. The molecule has 0 spiro atoms. The van der Waals surface area contributed by atoms with Crippen LogP contribution in [0.3, 0.4) is 0 Å². The molecule has 38 heavy (non-hydrogen) atoms. The van der Waals surface area contributed by atoms with Gasteiger partial charge in [0.25, 0.3) is 5.91 Å². The Morgan fingerprint density at radius 1 is 0.974 bits per heavy atom. The molecule has 0 saturated carbocycles. The van der Waals surface area contributed by atoms with Gasteiger partial charge in [0, 0.05) is 16.5 Å². The Labute approximate surface area is 228 Å². The number of carbonyl (C=O) groups excluding carboxylic acids is 2. The van der Waals surface area contributed by atoms with E-state index < -0.39 is 0 Å². The second-order valence-electron chi connectivity index (χ2n) is 8.73. The van der Waals surface area contributed by atoms with Crippen LogP contribution in [0.15, 0.2) is 88.4 Å². The summed E-state index contributed by atoms with van der Waals surface area (Å²) in [6.45, 7) is -0.279. The predicted molar refractivity (Wildman–Crippen MR) is 149 cm³/mol. The maximum absolute atomic E-state index is 13.5. The second kappa shape index (κ2) is 11.1. The van der Waals surface area contributed by atoms with Crippen molar-refractivity contribution in [2.45, 2.75) is 12.5 Å². The lowest BCUT2D eigenvalue weighted by Gasteiger charge is -2.23. The first-order chi connectivity index (χ1) is 18.5. The molecule has 1 atom stereocenters. The fraction of sp³-hybridized carbons (Fsp3) is 0.167. The molecule has 192 valence electrons. The molecule has 0 aliphatic carbocycles. The van der Waals surface area contributed by atoms with Crippen molar-refractivity contribution < 1.29 is 23.8 Å². The zero-order chi connectivity index (χ0) is 26.6. The summed E-state index contributed by atoms with van der Waals surface area (Å²) in [5.74, 6) is 1.16. The van der Waals surface area contributed by atoms with Gasteiger partial charge in [-0.15, -0.1) is 0 Å². The third-order valence-corrected chi connectivity index (χ3v) is 7.00. The number of rotatable bonds is 8. The van der Waals surface area contributed by atoms with E-state index in [4.69, 9.17) is 19.3 Å². The van der Waals surface area contributed by atoms with Gasteiger partial charge in [-0.25, -0.2) is 5.01 Å². The molecule has 7 nitrogen and oxygen atoms in total. The molecule has 8 heteroatoms. The Bertz CT molecular complexity index is 1550. The first kappa shape index (κ1) is 25.5. The van der Waals surface area contributed by atoms with E-state index in [-0.39, 0.29) is 18.6 Å². The molecule has 1 heterocycles. The first-order valence-corrected chi connectivity index (χ1v) is 12.8. The molecule has 0 aromatic heterocycles. The van der Waals surface area contributed by atoms with Crippen LogP contribution >= 0.6 is 15.9 Å². The van der Waals surface area contributed by atoms with Crippen LogP contribution in [-0.2, 0) is 4.79 Å². The van der Waals surface area contributed by atoms with Crippen LogP contribution in [0.1, 0.15) is 33.9 Å². The Balaban J connectivity index is 1.50. The number of carbonyl (C=O) groups is 2. The third kappa shape index (κ3) is 4.99. The highest BCUT2D eigenvalue weighted by Crippen LogP contribution is 2.38. The highest BCUT2D eigenvalue weighted by atomic mass is 79.9. The van der Waals surface area contributed by atoms with Crippen molar-refractivity contribution in [1.82, 2.24) is 5.01 Å². The Hall–Kier alpha value is -4.17. The quantitative estimate of drug-likeness (QED) is 0.235. The predicted octanol–water partition coefficient (Wildman–Crippen LogP) is 6.19. The minimum Gasteiger partial charge on any atom is -0.493 e. The van der Waals surface area contributed by atoms with Crippen LogP contribution < -0.4 is 14.2 Å². The number of fused-ring (bicyclic) bond motifs is 1. The average Bonchev–Trinajstić information content (AvgIpc) is 3.41. The van der Waals surface area contributed by atoms with Crippen molar-refractivity contribution >= 4 is 44.6 Å². The number of hydrazone groups is 1. The van der Waals surface area contributed by atoms with E-state index >= 15 is 0 Å². The number of hydrogen-bond donors (Lipinski definition) is 0. The van der Waals surface area contributed by atoms with Gasteiger partial charge in [-0.2, -0.15) is 5.10 Å². The first-order valence-electron chi connectivity index (χ1n) is 12.0. The smallest absolute Gasteiger partial charge is 0.281 e. The minimum absolute atomic E-state index is 0.279. The maximum Gasteiger partial charge on any atom is 0.281 e. The van der Waals surface area contributed by atoms with E-state index in [2.05, 4.69) is 34.1 Å². The molecule has 1 aliphatic heterocycles. The molecule has 0 fully saturated rings. The van der Waals surface area contributed by atoms with E-state index in [1.54, 1.807) is 32.4 Å². The molecule has 0 bridgehead atoms. The lowest BCUT2D eigenvalue weighted by Crippen LogP contribution is -2.31. The van der Waals surface area contributed by atoms with Crippen molar-refractivity contribution in [1.29, 1.82) is 0 Å². The molecular weight excluding hydrogens is 548 g/mol. The summed E-state index contributed by atoms with van der Waals surface area (Å²) >= 11 is 3.35. The molecule has 4 aromatic rings. The van der Waals surface area contributed by atoms with Crippen LogP contribution in [0.25, 0.3) is 10.8 Å². The van der Waals surface area contributed by atoms with Gasteiger partial charge in [-0.3, -0.25) is 9.59 Å². The standard InChI is InChI=1S/C30H25BrN2O5/c1-36-28-12-10-20(15-29(28)37-2)26-16-25(24-9-5-7-19-6-3-4-8-23(19)24)32-33(26)30(35)18-38-27-13-11-22(31)14-21(27)17-34/h3-15,17,26H,16,18H2,1-2H3. The summed E-state index contributed by atoms with van der Waals surface area (Å²) < 4.78 is 17.4. The third-order valence-electron chi connectivity index (χ3n) is 6.51. The van der Waals surface area contributed by atoms with Gasteiger partial charge < -0.3 is 14.2 Å². The molecule has 0 radical (unpaired) electrons. The van der Waals surface area contributed by atoms with E-state index in [0.29, 0.717) is 35.5 Å². The van der Waals surface area contributed by atoms with E-state index in [1.807, 2.05) is 42.5 Å². The lowest BCUT2D eigenvalue weighted by molar-refractivity contribution is -0.135. The van der Waals surface area contributed by atoms with Gasteiger partial charge in [0.05, 0.1) is 31.5 Å². The van der Waals surface area contributed by atoms with Gasteiger partial charge in [0.1, 0.15) is 5.75 Å². The molecule has 1 unspecified atom stereocenters. The van der Waals surface area contributed by atoms with Crippen LogP contribution in [0.4, 0.5) is 0 Å². The van der Waals surface area contributed by atoms with Crippen molar-refractivity contribution in [3.05, 3.63) is 100 Å². The number of nitrogens with zero attached hydrogens (tertiary/aromatic N) is 2. The number of benzene rings is 4. The fourth-order valence-corrected chi connectivity index (χ4v) is 5.03. The Kier molecular flexibility index (Phi) is 7.42. The molecular formula is C30H25BrN2O5. The summed E-state index contributed by atoms with van der Waals surface area (Å²) in [5.41, 5.74) is 2.98. The Morgan fingerprint density at radius 3 is 2.53 bits per heavy atom. The summed E-state index contributed by atoms with van der Waals surface area (Å²) in [7, 11) is 3.16. The zero-order valence-corrected chi connectivity index (χ0v) is 22.5. The SMILES string of the molecule is COc1ccc(C2CC(c3cccc4ccccc34)=NN2C(=O)COc2ccc(Br)cc2C=O)cc1OC. The summed E-state index contributed by atoms with van der Waals surface area (Å²) in [6.07, 6.45) is 1.21. The number of methoxy groups -OCH3 is 2. The monoisotopic (exact) mass is 572 g/mol. The number of hydrogen-bond acceptors (Lipinski definition) is 6. The van der Waals surface area contributed by atoms with Crippen molar-refractivity contribution in [2.24, 2.45) is 5.10 Å². The van der Waals surface area contributed by atoms with Crippen LogP contribution in [0.5, 0.6) is 17.2 Å². The lowest BCUT2D eigenvalue weighted by atomic mass is 9.95. The van der Waals surface area contributed by atoms with E-state index in [1.165, 1.54) is 5.01 Å². The van der Waals surface area contributed by atoms with Crippen LogP contribution in [0.2, 0.25) is 0 Å². The fourth-order valence-electron chi connectivity index (χ4n) is 4.65. The number of ether oxygens (including phenoxy) is 3. The van der Waals surface area contributed by atoms with E-state index in [0.717, 1.165) is 32.1 Å². The number of halogens is 1. The van der Waals surface area contributed by atoms with Crippen LogP contribution in [-0.4, -0.2) is 43.7 Å². The van der Waals surface area contributed by atoms with E-state index in [9.17, 15) is 9.59 Å². The van der Waals surface area contributed by atoms with Gasteiger partial charge in [0.2, 0.25) is 0 Å². The molecule has 1 aliphatic rings. The van der Waals surface area contributed by atoms with Crippen molar-refractivity contribution in [2.75, 3.05) is 20.8 Å². The van der Waals surface area contributed by atoms with Gasteiger partial charge in [-0.05, 0) is 46.7 Å². The normalized spacial score (nSPS) is 14.8. The molecule has 1 amide bonds. The largest absolute Gasteiger partial charge is 0.493 e.